The number of sulfonamides is 1. The van der Waals surface area contributed by atoms with Crippen LogP contribution in [0.15, 0.2) is 0 Å². The van der Waals surface area contributed by atoms with Gasteiger partial charge in [0.15, 0.2) is 0 Å². The molecule has 23 heavy (non-hydrogen) atoms. The quantitative estimate of drug-likeness (QED) is 0.770. The first-order chi connectivity index (χ1) is 10.9. The molecular weight excluding hydrogens is 318 g/mol. The van der Waals surface area contributed by atoms with Gasteiger partial charge in [-0.3, -0.25) is 9.59 Å². The molecule has 0 saturated carbocycles. The van der Waals surface area contributed by atoms with E-state index in [0.29, 0.717) is 38.9 Å². The number of nitrogens with zero attached hydrogens (tertiary/aromatic N) is 2. The molecule has 0 spiro atoms. The maximum absolute atomic E-state index is 12.2. The Balaban J connectivity index is 1.77. The molecule has 2 heterocycles. The van der Waals surface area contributed by atoms with Crippen molar-refractivity contribution < 1.29 is 18.0 Å². The highest BCUT2D eigenvalue weighted by molar-refractivity contribution is 7.88. The molecule has 0 unspecified atom stereocenters. The molecule has 8 heteroatoms. The second-order valence-corrected chi connectivity index (χ2v) is 8.43. The lowest BCUT2D eigenvalue weighted by atomic mass is 9.99. The summed E-state index contributed by atoms with van der Waals surface area (Å²) in [6, 6.07) is 0. The Bertz CT molecular complexity index is 535. The fourth-order valence-corrected chi connectivity index (χ4v) is 4.10. The van der Waals surface area contributed by atoms with E-state index in [0.717, 1.165) is 25.8 Å². The Hall–Kier alpha value is -1.15. The lowest BCUT2D eigenvalue weighted by Crippen LogP contribution is -2.46. The van der Waals surface area contributed by atoms with Gasteiger partial charge in [0.05, 0.1) is 12.2 Å². The summed E-state index contributed by atoms with van der Waals surface area (Å²) in [5.41, 5.74) is 0. The Morgan fingerprint density at radius 2 is 2.00 bits per heavy atom. The summed E-state index contributed by atoms with van der Waals surface area (Å²) in [6.07, 6.45) is 6.24. The minimum Gasteiger partial charge on any atom is -0.354 e. The number of piperidine rings is 1. The van der Waals surface area contributed by atoms with E-state index in [-0.39, 0.29) is 24.3 Å². The molecule has 2 saturated heterocycles. The summed E-state index contributed by atoms with van der Waals surface area (Å²) >= 11 is 0. The van der Waals surface area contributed by atoms with Crippen LogP contribution < -0.4 is 5.32 Å². The van der Waals surface area contributed by atoms with E-state index in [4.69, 9.17) is 0 Å². The molecule has 132 valence electrons. The lowest BCUT2D eigenvalue weighted by Gasteiger charge is -2.30. The van der Waals surface area contributed by atoms with E-state index in [9.17, 15) is 18.0 Å². The molecular formula is C15H27N3O4S. The third-order valence-corrected chi connectivity index (χ3v) is 5.85. The Morgan fingerprint density at radius 3 is 2.74 bits per heavy atom. The van der Waals surface area contributed by atoms with Crippen LogP contribution in [0.3, 0.4) is 0 Å². The average molecular weight is 345 g/mol. The van der Waals surface area contributed by atoms with Crippen LogP contribution in [-0.2, 0) is 19.6 Å². The van der Waals surface area contributed by atoms with Crippen LogP contribution in [0.4, 0.5) is 0 Å². The molecule has 0 aliphatic carbocycles. The van der Waals surface area contributed by atoms with E-state index in [1.54, 1.807) is 0 Å². The Morgan fingerprint density at radius 1 is 1.22 bits per heavy atom. The van der Waals surface area contributed by atoms with Crippen LogP contribution in [-0.4, -0.2) is 68.4 Å². The predicted octanol–water partition coefficient (Wildman–Crippen LogP) is 0.177. The number of likely N-dealkylation sites (tertiary alicyclic amines) is 1. The summed E-state index contributed by atoms with van der Waals surface area (Å²) in [7, 11) is -3.24. The van der Waals surface area contributed by atoms with Crippen LogP contribution in [0.5, 0.6) is 0 Å². The van der Waals surface area contributed by atoms with E-state index < -0.39 is 10.0 Å². The molecule has 0 aromatic heterocycles. The monoisotopic (exact) mass is 345 g/mol. The standard InChI is InChI=1S/C15H27N3O4S/c1-23(21,22)18-10-5-6-13(12-18)15(20)16-8-11-17-9-4-2-3-7-14(17)19/h13H,2-12H2,1H3,(H,16,20)/t13-/m0/s1. The molecule has 1 N–H and O–H groups in total. The predicted molar refractivity (Wildman–Crippen MR) is 87.2 cm³/mol. The summed E-state index contributed by atoms with van der Waals surface area (Å²) < 4.78 is 24.6. The second kappa shape index (κ2) is 8.10. The van der Waals surface area contributed by atoms with Gasteiger partial charge in [-0.1, -0.05) is 6.42 Å². The summed E-state index contributed by atoms with van der Waals surface area (Å²) in [5, 5.41) is 2.86. The Labute approximate surface area is 138 Å². The smallest absolute Gasteiger partial charge is 0.224 e. The van der Waals surface area contributed by atoms with Gasteiger partial charge in [-0.25, -0.2) is 12.7 Å². The Kier molecular flexibility index (Phi) is 6.41. The highest BCUT2D eigenvalue weighted by atomic mass is 32.2. The zero-order valence-corrected chi connectivity index (χ0v) is 14.6. The highest BCUT2D eigenvalue weighted by Crippen LogP contribution is 2.18. The van der Waals surface area contributed by atoms with Crippen LogP contribution in [0, 0.1) is 5.92 Å². The summed E-state index contributed by atoms with van der Waals surface area (Å²) in [6.45, 7) is 2.48. The number of hydrogen-bond donors (Lipinski definition) is 1. The zero-order chi connectivity index (χ0) is 16.9. The first kappa shape index (κ1) is 18.2. The van der Waals surface area contributed by atoms with Crippen molar-refractivity contribution in [3.63, 3.8) is 0 Å². The SMILES string of the molecule is CS(=O)(=O)N1CCC[C@H](C(=O)NCCN2CCCCCC2=O)C1. The van der Waals surface area contributed by atoms with Crippen molar-refractivity contribution in [3.8, 4) is 0 Å². The molecule has 0 aromatic rings. The average Bonchev–Trinajstić information content (AvgIpc) is 2.71. The second-order valence-electron chi connectivity index (χ2n) is 6.44. The molecule has 2 aliphatic rings. The molecule has 0 bridgehead atoms. The minimum absolute atomic E-state index is 0.111. The molecule has 1 atom stereocenters. The van der Waals surface area contributed by atoms with Crippen molar-refractivity contribution in [1.82, 2.24) is 14.5 Å². The third-order valence-electron chi connectivity index (χ3n) is 4.58. The number of carbonyl (C=O) groups excluding carboxylic acids is 2. The van der Waals surface area contributed by atoms with Crippen LogP contribution in [0.1, 0.15) is 38.5 Å². The lowest BCUT2D eigenvalue weighted by molar-refractivity contribution is -0.131. The van der Waals surface area contributed by atoms with E-state index in [2.05, 4.69) is 5.32 Å². The highest BCUT2D eigenvalue weighted by Gasteiger charge is 2.30. The van der Waals surface area contributed by atoms with E-state index in [1.165, 1.54) is 10.6 Å². The topological polar surface area (TPSA) is 86.8 Å². The van der Waals surface area contributed by atoms with Crippen LogP contribution >= 0.6 is 0 Å². The molecule has 0 radical (unpaired) electrons. The summed E-state index contributed by atoms with van der Waals surface area (Å²) in [4.78, 5) is 25.9. The van der Waals surface area contributed by atoms with E-state index in [1.807, 2.05) is 4.90 Å². The number of carbonyl (C=O) groups is 2. The molecule has 7 nitrogen and oxygen atoms in total. The van der Waals surface area contributed by atoms with Gasteiger partial charge in [0.25, 0.3) is 0 Å². The first-order valence-electron chi connectivity index (χ1n) is 8.38. The van der Waals surface area contributed by atoms with Gasteiger partial charge in [0.1, 0.15) is 0 Å². The molecule has 0 aromatic carbocycles. The van der Waals surface area contributed by atoms with Gasteiger partial charge in [-0.2, -0.15) is 0 Å². The minimum atomic E-state index is -3.24. The fraction of sp³-hybridized carbons (Fsp3) is 0.867. The van der Waals surface area contributed by atoms with Crippen LogP contribution in [0.25, 0.3) is 0 Å². The maximum atomic E-state index is 12.2. The van der Waals surface area contributed by atoms with Gasteiger partial charge in [-0.05, 0) is 25.7 Å². The molecule has 2 amide bonds. The van der Waals surface area contributed by atoms with Crippen molar-refractivity contribution in [2.24, 2.45) is 5.92 Å². The van der Waals surface area contributed by atoms with Crippen molar-refractivity contribution >= 4 is 21.8 Å². The van der Waals surface area contributed by atoms with Crippen molar-refractivity contribution in [2.45, 2.75) is 38.5 Å². The number of nitrogens with one attached hydrogen (secondary N) is 1. The normalized spacial score (nSPS) is 24.3. The molecule has 2 aliphatic heterocycles. The maximum Gasteiger partial charge on any atom is 0.224 e. The molecule has 2 fully saturated rings. The first-order valence-corrected chi connectivity index (χ1v) is 10.2. The van der Waals surface area contributed by atoms with Crippen molar-refractivity contribution in [3.05, 3.63) is 0 Å². The van der Waals surface area contributed by atoms with E-state index >= 15 is 0 Å². The van der Waals surface area contributed by atoms with Gasteiger partial charge >= 0.3 is 0 Å². The van der Waals surface area contributed by atoms with Gasteiger partial charge in [0, 0.05) is 39.1 Å². The number of hydrogen-bond acceptors (Lipinski definition) is 4. The third kappa shape index (κ3) is 5.46. The number of rotatable bonds is 5. The van der Waals surface area contributed by atoms with Crippen LogP contribution in [0.2, 0.25) is 0 Å². The van der Waals surface area contributed by atoms with Gasteiger partial charge < -0.3 is 10.2 Å². The van der Waals surface area contributed by atoms with Gasteiger partial charge in [0.2, 0.25) is 21.8 Å². The molecule has 2 rings (SSSR count). The number of amides is 2. The van der Waals surface area contributed by atoms with Gasteiger partial charge in [-0.15, -0.1) is 0 Å². The fourth-order valence-electron chi connectivity index (χ4n) is 3.19. The summed E-state index contributed by atoms with van der Waals surface area (Å²) in [5.74, 6) is -0.239. The van der Waals surface area contributed by atoms with Crippen molar-refractivity contribution in [1.29, 1.82) is 0 Å². The zero-order valence-electron chi connectivity index (χ0n) is 13.8. The largest absolute Gasteiger partial charge is 0.354 e. The van der Waals surface area contributed by atoms with Crippen molar-refractivity contribution in [2.75, 3.05) is 39.0 Å².